The third-order valence-corrected chi connectivity index (χ3v) is 8.65. The van der Waals surface area contributed by atoms with Crippen LogP contribution in [0.25, 0.3) is 0 Å². The molecule has 2 aliphatic rings. The lowest BCUT2D eigenvalue weighted by Gasteiger charge is -2.36. The molecule has 1 atom stereocenters. The molecule has 0 unspecified atom stereocenters. The molecule has 1 amide bonds. The second-order valence-corrected chi connectivity index (χ2v) is 11.0. The molecule has 8 heteroatoms. The Morgan fingerprint density at radius 2 is 1.71 bits per heavy atom. The van der Waals surface area contributed by atoms with Crippen molar-refractivity contribution in [3.05, 3.63) is 87.9 Å². The topological polar surface area (TPSA) is 54.5 Å². The minimum absolute atomic E-state index is 0.0748. The molecule has 3 aromatic carbocycles. The number of carbonyl (C=O) groups is 1. The average Bonchev–Trinajstić information content (AvgIpc) is 3.35. The van der Waals surface area contributed by atoms with Crippen LogP contribution in [-0.4, -0.2) is 69.3 Å². The van der Waals surface area contributed by atoms with E-state index in [9.17, 15) is 4.79 Å². The van der Waals surface area contributed by atoms with Crippen LogP contribution in [0.5, 0.6) is 11.5 Å². The van der Waals surface area contributed by atoms with Gasteiger partial charge in [-0.3, -0.25) is 4.79 Å². The molecule has 3 aromatic rings. The van der Waals surface area contributed by atoms with Gasteiger partial charge in [0, 0.05) is 61.2 Å². The smallest absolute Gasteiger partial charge is 0.255 e. The molecular weight excluding hydrogens is 538 g/mol. The van der Waals surface area contributed by atoms with Crippen LogP contribution in [0.2, 0.25) is 5.02 Å². The van der Waals surface area contributed by atoms with E-state index in [1.165, 1.54) is 5.69 Å². The third-order valence-electron chi connectivity index (χ3n) is 8.28. The Balaban J connectivity index is 1.35. The minimum atomic E-state index is -0.136. The molecular formula is C33H40ClN3O4. The molecule has 5 rings (SSSR count). The van der Waals surface area contributed by atoms with Crippen molar-refractivity contribution in [2.45, 2.75) is 39.0 Å². The van der Waals surface area contributed by atoms with E-state index in [1.807, 2.05) is 59.5 Å². The van der Waals surface area contributed by atoms with E-state index < -0.39 is 0 Å². The van der Waals surface area contributed by atoms with Gasteiger partial charge >= 0.3 is 0 Å². The third kappa shape index (κ3) is 6.48. The van der Waals surface area contributed by atoms with Gasteiger partial charge in [0.05, 0.1) is 26.9 Å². The van der Waals surface area contributed by atoms with Gasteiger partial charge in [0.25, 0.3) is 5.91 Å². The van der Waals surface area contributed by atoms with Crippen molar-refractivity contribution in [2.75, 3.05) is 58.5 Å². The number of amides is 1. The predicted molar refractivity (Wildman–Crippen MR) is 163 cm³/mol. The fourth-order valence-electron chi connectivity index (χ4n) is 5.93. The van der Waals surface area contributed by atoms with Crippen molar-refractivity contribution in [3.8, 4) is 11.5 Å². The molecule has 41 heavy (non-hydrogen) atoms. The Labute approximate surface area is 248 Å². The van der Waals surface area contributed by atoms with Gasteiger partial charge in [-0.15, -0.1) is 0 Å². The first-order chi connectivity index (χ1) is 20.0. The molecule has 0 aromatic heterocycles. The zero-order chi connectivity index (χ0) is 28.8. The van der Waals surface area contributed by atoms with Crippen molar-refractivity contribution in [1.82, 2.24) is 9.80 Å². The molecule has 0 spiro atoms. The highest BCUT2D eigenvalue weighted by molar-refractivity contribution is 6.31. The summed E-state index contributed by atoms with van der Waals surface area (Å²) in [6, 6.07) is 19.7. The molecule has 0 N–H and O–H groups in total. The van der Waals surface area contributed by atoms with Gasteiger partial charge in [0.1, 0.15) is 0 Å². The highest BCUT2D eigenvalue weighted by atomic mass is 35.5. The van der Waals surface area contributed by atoms with Gasteiger partial charge in [-0.1, -0.05) is 48.9 Å². The van der Waals surface area contributed by atoms with Gasteiger partial charge in [-0.2, -0.15) is 0 Å². The molecule has 0 aliphatic carbocycles. The van der Waals surface area contributed by atoms with E-state index in [0.29, 0.717) is 36.3 Å². The lowest BCUT2D eigenvalue weighted by Crippen LogP contribution is -2.46. The number of benzene rings is 3. The summed E-state index contributed by atoms with van der Waals surface area (Å²) >= 11 is 6.30. The van der Waals surface area contributed by atoms with E-state index >= 15 is 0 Å². The maximum atomic E-state index is 13.9. The summed E-state index contributed by atoms with van der Waals surface area (Å²) in [6.45, 7) is 8.92. The predicted octanol–water partition coefficient (Wildman–Crippen LogP) is 6.19. The highest BCUT2D eigenvalue weighted by Crippen LogP contribution is 2.40. The summed E-state index contributed by atoms with van der Waals surface area (Å²) in [5, 5.41) is 0.711. The van der Waals surface area contributed by atoms with Crippen LogP contribution in [-0.2, 0) is 17.9 Å². The van der Waals surface area contributed by atoms with Crippen LogP contribution < -0.4 is 14.4 Å². The summed E-state index contributed by atoms with van der Waals surface area (Å²) in [4.78, 5) is 20.9. The maximum Gasteiger partial charge on any atom is 0.255 e. The number of nitrogens with zero attached hydrogens (tertiary/aromatic N) is 3. The van der Waals surface area contributed by atoms with Crippen LogP contribution in [0.3, 0.4) is 0 Å². The lowest BCUT2D eigenvalue weighted by atomic mass is 9.99. The van der Waals surface area contributed by atoms with Crippen molar-refractivity contribution in [1.29, 1.82) is 0 Å². The van der Waals surface area contributed by atoms with Crippen LogP contribution in [0, 0.1) is 0 Å². The molecule has 2 aliphatic heterocycles. The first-order valence-corrected chi connectivity index (χ1v) is 14.8. The van der Waals surface area contributed by atoms with Crippen LogP contribution >= 0.6 is 11.6 Å². The first-order valence-electron chi connectivity index (χ1n) is 14.5. The number of rotatable bonds is 12. The quantitative estimate of drug-likeness (QED) is 0.239. The standard InChI is InChI=1S/C33H40ClN3O4/c1-4-35-16-18-36(19-17-35)30-12-7-10-26-27(30)22-37(33(26)38)29(24-14-15-31(39-2)32(21-24)40-3)13-8-20-41-23-25-9-5-6-11-28(25)34/h5-7,9-12,14-15,21,29H,4,8,13,16-20,22-23H2,1-3H3/t29-/m1/s1. The summed E-state index contributed by atoms with van der Waals surface area (Å²) in [7, 11) is 3.27. The summed E-state index contributed by atoms with van der Waals surface area (Å²) < 4.78 is 17.1. The van der Waals surface area contributed by atoms with Gasteiger partial charge in [-0.25, -0.2) is 0 Å². The van der Waals surface area contributed by atoms with Crippen LogP contribution in [0.1, 0.15) is 52.9 Å². The van der Waals surface area contributed by atoms with E-state index in [1.54, 1.807) is 14.2 Å². The lowest BCUT2D eigenvalue weighted by molar-refractivity contribution is 0.0660. The van der Waals surface area contributed by atoms with Gasteiger partial charge < -0.3 is 28.9 Å². The van der Waals surface area contributed by atoms with E-state index in [4.69, 9.17) is 25.8 Å². The number of methoxy groups -OCH3 is 2. The molecule has 1 saturated heterocycles. The molecule has 2 heterocycles. The van der Waals surface area contributed by atoms with Gasteiger partial charge in [-0.05, 0) is 60.8 Å². The Morgan fingerprint density at radius 1 is 0.927 bits per heavy atom. The number of halogens is 1. The van der Waals surface area contributed by atoms with E-state index in [2.05, 4.69) is 22.8 Å². The number of carbonyl (C=O) groups excluding carboxylic acids is 1. The number of ether oxygens (including phenoxy) is 3. The zero-order valence-corrected chi connectivity index (χ0v) is 25.0. The summed E-state index contributed by atoms with van der Waals surface area (Å²) in [5.74, 6) is 1.40. The van der Waals surface area contributed by atoms with Crippen molar-refractivity contribution < 1.29 is 19.0 Å². The Morgan fingerprint density at radius 3 is 2.44 bits per heavy atom. The second kappa shape index (κ2) is 13.6. The number of fused-ring (bicyclic) bond motifs is 1. The highest BCUT2D eigenvalue weighted by Gasteiger charge is 2.36. The summed E-state index contributed by atoms with van der Waals surface area (Å²) in [6.07, 6.45) is 1.54. The average molecular weight is 578 g/mol. The van der Waals surface area contributed by atoms with E-state index in [-0.39, 0.29) is 11.9 Å². The molecule has 0 saturated carbocycles. The maximum absolute atomic E-state index is 13.9. The monoisotopic (exact) mass is 577 g/mol. The minimum Gasteiger partial charge on any atom is -0.493 e. The number of likely N-dealkylation sites (N-methyl/N-ethyl adjacent to an activating group) is 1. The zero-order valence-electron chi connectivity index (χ0n) is 24.3. The van der Waals surface area contributed by atoms with Crippen molar-refractivity contribution >= 4 is 23.2 Å². The summed E-state index contributed by atoms with van der Waals surface area (Å²) in [5.41, 5.74) is 5.11. The Bertz CT molecular complexity index is 1340. The molecule has 218 valence electrons. The largest absolute Gasteiger partial charge is 0.493 e. The Kier molecular flexibility index (Phi) is 9.70. The van der Waals surface area contributed by atoms with Gasteiger partial charge in [0.2, 0.25) is 0 Å². The number of hydrogen-bond acceptors (Lipinski definition) is 6. The molecule has 0 bridgehead atoms. The molecule has 7 nitrogen and oxygen atoms in total. The van der Waals surface area contributed by atoms with Crippen molar-refractivity contribution in [2.24, 2.45) is 0 Å². The second-order valence-electron chi connectivity index (χ2n) is 10.6. The van der Waals surface area contributed by atoms with Crippen LogP contribution in [0.4, 0.5) is 5.69 Å². The van der Waals surface area contributed by atoms with Crippen LogP contribution in [0.15, 0.2) is 60.7 Å². The first kappa shape index (κ1) is 29.2. The number of hydrogen-bond donors (Lipinski definition) is 0. The van der Waals surface area contributed by atoms with Gasteiger partial charge in [0.15, 0.2) is 11.5 Å². The fourth-order valence-corrected chi connectivity index (χ4v) is 6.12. The van der Waals surface area contributed by atoms with Crippen molar-refractivity contribution in [3.63, 3.8) is 0 Å². The number of piperazine rings is 1. The molecule has 0 radical (unpaired) electrons. The number of anilines is 1. The Hall–Kier alpha value is -3.26. The normalized spacial score (nSPS) is 16.1. The van der Waals surface area contributed by atoms with E-state index in [0.717, 1.165) is 67.8 Å². The fraction of sp³-hybridized carbons (Fsp3) is 0.424. The molecule has 1 fully saturated rings. The SMILES string of the molecule is CCN1CCN(c2cccc3c2CN([C@H](CCCOCc2ccccc2Cl)c2ccc(OC)c(OC)c2)C3=O)CC1.